The molecule has 112 valence electrons. The monoisotopic (exact) mass is 307 g/mol. The van der Waals surface area contributed by atoms with Gasteiger partial charge in [-0.2, -0.15) is 0 Å². The summed E-state index contributed by atoms with van der Waals surface area (Å²) in [5, 5.41) is -0.251. The lowest BCUT2D eigenvalue weighted by molar-refractivity contribution is 0.0751. The summed E-state index contributed by atoms with van der Waals surface area (Å²) in [5.74, 6) is 1.51. The fourth-order valence-electron chi connectivity index (χ4n) is 1.95. The molecular formula is C16H18ClNO3. The molecule has 0 spiro atoms. The topological polar surface area (TPSA) is 42.7 Å². The van der Waals surface area contributed by atoms with Crippen molar-refractivity contribution in [1.82, 2.24) is 4.90 Å². The Bertz CT molecular complexity index is 604. The number of furan rings is 1. The van der Waals surface area contributed by atoms with Crippen molar-refractivity contribution in [3.05, 3.63) is 53.5 Å². The first-order chi connectivity index (χ1) is 10.0. The fraction of sp³-hybridized carbons (Fsp3) is 0.312. The number of carbonyl (C=O) groups excluding carboxylic acids is 1. The highest BCUT2D eigenvalue weighted by Crippen LogP contribution is 2.22. The zero-order valence-electron chi connectivity index (χ0n) is 12.3. The van der Waals surface area contributed by atoms with E-state index in [-0.39, 0.29) is 11.3 Å². The van der Waals surface area contributed by atoms with Gasteiger partial charge in [0.15, 0.2) is 5.76 Å². The molecule has 1 aromatic heterocycles. The zero-order valence-corrected chi connectivity index (χ0v) is 13.1. The maximum atomic E-state index is 12.3. The van der Waals surface area contributed by atoms with Gasteiger partial charge in [0, 0.05) is 13.6 Å². The van der Waals surface area contributed by atoms with Crippen LogP contribution >= 0.6 is 11.6 Å². The highest BCUT2D eigenvalue weighted by molar-refractivity contribution is 6.20. The first kappa shape index (κ1) is 15.4. The second-order valence-electron chi connectivity index (χ2n) is 4.83. The summed E-state index contributed by atoms with van der Waals surface area (Å²) in [5.41, 5.74) is 1.02. The van der Waals surface area contributed by atoms with Crippen molar-refractivity contribution in [3.63, 3.8) is 0 Å². The molecule has 0 aliphatic rings. The maximum absolute atomic E-state index is 12.3. The van der Waals surface area contributed by atoms with E-state index in [1.54, 1.807) is 38.1 Å². The maximum Gasteiger partial charge on any atom is 0.289 e. The van der Waals surface area contributed by atoms with E-state index in [4.69, 9.17) is 20.8 Å². The highest BCUT2D eigenvalue weighted by atomic mass is 35.5. The Morgan fingerprint density at radius 3 is 2.48 bits per heavy atom. The van der Waals surface area contributed by atoms with Crippen LogP contribution in [0.2, 0.25) is 0 Å². The second kappa shape index (κ2) is 6.68. The highest BCUT2D eigenvalue weighted by Gasteiger charge is 2.17. The summed E-state index contributed by atoms with van der Waals surface area (Å²) < 4.78 is 10.6. The van der Waals surface area contributed by atoms with E-state index < -0.39 is 0 Å². The van der Waals surface area contributed by atoms with E-state index in [1.165, 1.54) is 0 Å². The number of hydrogen-bond donors (Lipinski definition) is 0. The molecule has 21 heavy (non-hydrogen) atoms. The third-order valence-corrected chi connectivity index (χ3v) is 3.37. The summed E-state index contributed by atoms with van der Waals surface area (Å²) in [4.78, 5) is 13.9. The molecule has 0 fully saturated rings. The fourth-order valence-corrected chi connectivity index (χ4v) is 2.06. The first-order valence-electron chi connectivity index (χ1n) is 6.63. The number of hydrogen-bond acceptors (Lipinski definition) is 3. The van der Waals surface area contributed by atoms with E-state index in [2.05, 4.69) is 0 Å². The van der Waals surface area contributed by atoms with E-state index >= 15 is 0 Å². The van der Waals surface area contributed by atoms with Gasteiger partial charge in [0.1, 0.15) is 11.5 Å². The third-order valence-electron chi connectivity index (χ3n) is 3.16. The minimum Gasteiger partial charge on any atom is -0.497 e. The van der Waals surface area contributed by atoms with Crippen LogP contribution in [-0.4, -0.2) is 25.0 Å². The quantitative estimate of drug-likeness (QED) is 0.788. The average molecular weight is 308 g/mol. The number of alkyl halides is 1. The van der Waals surface area contributed by atoms with Gasteiger partial charge < -0.3 is 14.1 Å². The van der Waals surface area contributed by atoms with E-state index in [0.29, 0.717) is 18.1 Å². The van der Waals surface area contributed by atoms with Crippen molar-refractivity contribution >= 4 is 17.5 Å². The molecule has 1 amide bonds. The van der Waals surface area contributed by atoms with Gasteiger partial charge >= 0.3 is 0 Å². The molecule has 0 saturated heterocycles. The number of amides is 1. The first-order valence-corrected chi connectivity index (χ1v) is 7.07. The SMILES string of the molecule is COc1ccc(CN(C)C(=O)c2ccc(C(C)Cl)o2)cc1. The molecule has 1 atom stereocenters. The summed E-state index contributed by atoms with van der Waals surface area (Å²) in [6, 6.07) is 11.0. The Balaban J connectivity index is 2.04. The minimum atomic E-state index is -0.251. The molecule has 0 saturated carbocycles. The normalized spacial score (nSPS) is 12.0. The molecule has 0 aliphatic heterocycles. The lowest BCUT2D eigenvalue weighted by Crippen LogP contribution is -2.25. The molecule has 0 bridgehead atoms. The van der Waals surface area contributed by atoms with Gasteiger partial charge in [0.2, 0.25) is 0 Å². The summed E-state index contributed by atoms with van der Waals surface area (Å²) in [6.07, 6.45) is 0. The van der Waals surface area contributed by atoms with Crippen molar-refractivity contribution in [3.8, 4) is 5.75 Å². The molecule has 1 heterocycles. The Kier molecular flexibility index (Phi) is 4.91. The molecule has 1 aromatic carbocycles. The van der Waals surface area contributed by atoms with E-state index in [0.717, 1.165) is 11.3 Å². The third kappa shape index (κ3) is 3.79. The smallest absolute Gasteiger partial charge is 0.289 e. The van der Waals surface area contributed by atoms with Gasteiger partial charge in [0.25, 0.3) is 5.91 Å². The molecule has 1 unspecified atom stereocenters. The second-order valence-corrected chi connectivity index (χ2v) is 5.48. The molecular weight excluding hydrogens is 290 g/mol. The summed E-state index contributed by atoms with van der Waals surface area (Å²) in [7, 11) is 3.36. The molecule has 0 N–H and O–H groups in total. The van der Waals surface area contributed by atoms with Gasteiger partial charge in [-0.25, -0.2) is 0 Å². The number of carbonyl (C=O) groups is 1. The van der Waals surface area contributed by atoms with Gasteiger partial charge in [-0.05, 0) is 36.8 Å². The lowest BCUT2D eigenvalue weighted by atomic mass is 10.2. The largest absolute Gasteiger partial charge is 0.497 e. The number of nitrogens with zero attached hydrogens (tertiary/aromatic N) is 1. The predicted molar refractivity (Wildman–Crippen MR) is 81.8 cm³/mol. The molecule has 0 aliphatic carbocycles. The Morgan fingerprint density at radius 2 is 1.95 bits per heavy atom. The number of ether oxygens (including phenoxy) is 1. The van der Waals surface area contributed by atoms with Crippen LogP contribution < -0.4 is 4.74 Å². The Hall–Kier alpha value is -1.94. The zero-order chi connectivity index (χ0) is 15.4. The summed E-state index contributed by atoms with van der Waals surface area (Å²) in [6.45, 7) is 2.30. The predicted octanol–water partition coefficient (Wildman–Crippen LogP) is 3.86. The van der Waals surface area contributed by atoms with E-state index in [1.807, 2.05) is 24.3 Å². The molecule has 5 heteroatoms. The van der Waals surface area contributed by atoms with Crippen molar-refractivity contribution in [2.75, 3.05) is 14.2 Å². The summed E-state index contributed by atoms with van der Waals surface area (Å²) >= 11 is 5.93. The lowest BCUT2D eigenvalue weighted by Gasteiger charge is -2.16. The van der Waals surface area contributed by atoms with Gasteiger partial charge in [-0.3, -0.25) is 4.79 Å². The Morgan fingerprint density at radius 1 is 1.29 bits per heavy atom. The van der Waals surface area contributed by atoms with Crippen LogP contribution in [0.4, 0.5) is 0 Å². The van der Waals surface area contributed by atoms with Crippen LogP contribution in [0.5, 0.6) is 5.75 Å². The van der Waals surface area contributed by atoms with Crippen molar-refractivity contribution in [2.24, 2.45) is 0 Å². The van der Waals surface area contributed by atoms with Gasteiger partial charge in [-0.15, -0.1) is 11.6 Å². The molecule has 2 aromatic rings. The van der Waals surface area contributed by atoms with Crippen molar-refractivity contribution in [2.45, 2.75) is 18.8 Å². The standard InChI is InChI=1S/C16H18ClNO3/c1-11(17)14-8-9-15(21-14)16(19)18(2)10-12-4-6-13(20-3)7-5-12/h4-9,11H,10H2,1-3H3. The van der Waals surface area contributed by atoms with Crippen LogP contribution in [-0.2, 0) is 6.54 Å². The minimum absolute atomic E-state index is 0.172. The molecule has 0 radical (unpaired) electrons. The van der Waals surface area contributed by atoms with Crippen LogP contribution in [0, 0.1) is 0 Å². The van der Waals surface area contributed by atoms with Crippen LogP contribution in [0.25, 0.3) is 0 Å². The molecule has 2 rings (SSSR count). The van der Waals surface area contributed by atoms with Crippen molar-refractivity contribution < 1.29 is 13.9 Å². The van der Waals surface area contributed by atoms with Crippen molar-refractivity contribution in [1.29, 1.82) is 0 Å². The molecule has 4 nitrogen and oxygen atoms in total. The average Bonchev–Trinajstić information content (AvgIpc) is 2.97. The number of methoxy groups -OCH3 is 1. The van der Waals surface area contributed by atoms with E-state index in [9.17, 15) is 4.79 Å². The van der Waals surface area contributed by atoms with Crippen LogP contribution in [0.3, 0.4) is 0 Å². The van der Waals surface area contributed by atoms with Gasteiger partial charge in [0.05, 0.1) is 12.5 Å². The van der Waals surface area contributed by atoms with Crippen LogP contribution in [0.1, 0.15) is 34.2 Å². The number of rotatable bonds is 5. The Labute approximate surface area is 129 Å². The number of halogens is 1. The number of benzene rings is 1. The van der Waals surface area contributed by atoms with Gasteiger partial charge in [-0.1, -0.05) is 12.1 Å². The van der Waals surface area contributed by atoms with Crippen LogP contribution in [0.15, 0.2) is 40.8 Å².